The first kappa shape index (κ1) is 15.8. The third-order valence-electron chi connectivity index (χ3n) is 5.02. The van der Waals surface area contributed by atoms with E-state index in [0.717, 1.165) is 25.4 Å². The molecule has 0 bridgehead atoms. The molecule has 5 heteroatoms. The number of likely N-dealkylation sites (tertiary alicyclic amines) is 1. The van der Waals surface area contributed by atoms with Gasteiger partial charge in [0.2, 0.25) is 0 Å². The molecule has 1 aliphatic heterocycles. The molecule has 1 aliphatic rings. The van der Waals surface area contributed by atoms with E-state index in [-0.39, 0.29) is 0 Å². The molecule has 2 atom stereocenters. The summed E-state index contributed by atoms with van der Waals surface area (Å²) in [4.78, 5) is 6.62. The maximum atomic E-state index is 5.30. The minimum Gasteiger partial charge on any atom is -0.497 e. The SMILES string of the molecule is COc1ccc([C@@H]2CN(Cc3ccncc3)C[C@H]2c2ccn[nH]2)cc1. The molecule has 128 valence electrons. The van der Waals surface area contributed by atoms with E-state index in [9.17, 15) is 0 Å². The van der Waals surface area contributed by atoms with Crippen molar-refractivity contribution < 1.29 is 4.74 Å². The van der Waals surface area contributed by atoms with Crippen LogP contribution in [0.1, 0.15) is 28.7 Å². The number of pyridine rings is 1. The van der Waals surface area contributed by atoms with Crippen LogP contribution in [0.15, 0.2) is 61.1 Å². The van der Waals surface area contributed by atoms with Gasteiger partial charge < -0.3 is 4.74 Å². The molecule has 0 unspecified atom stereocenters. The van der Waals surface area contributed by atoms with Gasteiger partial charge in [0.05, 0.1) is 7.11 Å². The van der Waals surface area contributed by atoms with Crippen LogP contribution < -0.4 is 4.74 Å². The van der Waals surface area contributed by atoms with Crippen LogP contribution in [0.25, 0.3) is 0 Å². The number of rotatable bonds is 5. The molecule has 1 aromatic carbocycles. The lowest BCUT2D eigenvalue weighted by atomic mass is 9.87. The standard InChI is InChI=1S/C20H22N4O/c1-25-17-4-2-16(3-5-17)18-13-24(12-15-6-9-21-10-7-15)14-19(18)20-8-11-22-23-20/h2-11,18-19H,12-14H2,1H3,(H,22,23)/t18-,19+/m0/s1. The molecule has 5 nitrogen and oxygen atoms in total. The van der Waals surface area contributed by atoms with E-state index in [0.29, 0.717) is 11.8 Å². The lowest BCUT2D eigenvalue weighted by Crippen LogP contribution is -2.20. The number of hydrogen-bond donors (Lipinski definition) is 1. The summed E-state index contributed by atoms with van der Waals surface area (Å²) in [5.74, 6) is 1.75. The lowest BCUT2D eigenvalue weighted by molar-refractivity contribution is 0.323. The molecule has 3 heterocycles. The topological polar surface area (TPSA) is 54.0 Å². The van der Waals surface area contributed by atoms with E-state index in [1.54, 1.807) is 7.11 Å². The van der Waals surface area contributed by atoms with Crippen molar-refractivity contribution in [3.05, 3.63) is 77.9 Å². The van der Waals surface area contributed by atoms with Crippen molar-refractivity contribution in [3.8, 4) is 5.75 Å². The first-order valence-electron chi connectivity index (χ1n) is 8.58. The molecule has 0 amide bonds. The van der Waals surface area contributed by atoms with Crippen molar-refractivity contribution in [1.29, 1.82) is 0 Å². The van der Waals surface area contributed by atoms with Gasteiger partial charge in [-0.1, -0.05) is 12.1 Å². The zero-order valence-electron chi connectivity index (χ0n) is 14.3. The van der Waals surface area contributed by atoms with Gasteiger partial charge in [-0.05, 0) is 41.5 Å². The summed E-state index contributed by atoms with van der Waals surface area (Å²) < 4.78 is 5.30. The van der Waals surface area contributed by atoms with Gasteiger partial charge in [-0.2, -0.15) is 5.10 Å². The number of H-pyrrole nitrogens is 1. The van der Waals surface area contributed by atoms with Crippen molar-refractivity contribution >= 4 is 0 Å². The molecular weight excluding hydrogens is 312 g/mol. The second kappa shape index (κ2) is 7.07. The summed E-state index contributed by atoms with van der Waals surface area (Å²) in [6.45, 7) is 2.99. The molecule has 1 N–H and O–H groups in total. The van der Waals surface area contributed by atoms with Crippen LogP contribution in [0.2, 0.25) is 0 Å². The van der Waals surface area contributed by atoms with Gasteiger partial charge in [0.1, 0.15) is 5.75 Å². The summed E-state index contributed by atoms with van der Waals surface area (Å²) in [6, 6.07) is 14.7. The van der Waals surface area contributed by atoms with E-state index in [1.165, 1.54) is 16.8 Å². The van der Waals surface area contributed by atoms with Crippen LogP contribution in [0.4, 0.5) is 0 Å². The Kier molecular flexibility index (Phi) is 4.48. The predicted octanol–water partition coefficient (Wildman–Crippen LogP) is 3.20. The molecular formula is C20H22N4O. The first-order valence-corrected chi connectivity index (χ1v) is 8.58. The summed E-state index contributed by atoms with van der Waals surface area (Å²) >= 11 is 0. The fourth-order valence-corrected chi connectivity index (χ4v) is 3.74. The Labute approximate surface area is 147 Å². The Morgan fingerprint density at radius 3 is 2.44 bits per heavy atom. The molecule has 3 aromatic rings. The molecule has 0 saturated carbocycles. The number of methoxy groups -OCH3 is 1. The average Bonchev–Trinajstić information content (AvgIpc) is 3.32. The third-order valence-corrected chi connectivity index (χ3v) is 5.02. The Morgan fingerprint density at radius 2 is 1.76 bits per heavy atom. The van der Waals surface area contributed by atoms with E-state index in [1.807, 2.05) is 30.7 Å². The van der Waals surface area contributed by atoms with Crippen molar-refractivity contribution in [1.82, 2.24) is 20.1 Å². The van der Waals surface area contributed by atoms with Gasteiger partial charge in [-0.15, -0.1) is 0 Å². The number of nitrogens with zero attached hydrogens (tertiary/aromatic N) is 3. The van der Waals surface area contributed by atoms with Crippen LogP contribution in [0.3, 0.4) is 0 Å². The van der Waals surface area contributed by atoms with Crippen LogP contribution in [0.5, 0.6) is 5.75 Å². The highest BCUT2D eigenvalue weighted by molar-refractivity contribution is 5.33. The Hall–Kier alpha value is -2.66. The highest BCUT2D eigenvalue weighted by atomic mass is 16.5. The minimum atomic E-state index is 0.415. The molecule has 25 heavy (non-hydrogen) atoms. The summed E-state index contributed by atoms with van der Waals surface area (Å²) in [5.41, 5.74) is 3.85. The predicted molar refractivity (Wildman–Crippen MR) is 96.6 cm³/mol. The smallest absolute Gasteiger partial charge is 0.118 e. The number of aromatic amines is 1. The molecule has 1 fully saturated rings. The minimum absolute atomic E-state index is 0.415. The van der Waals surface area contributed by atoms with E-state index >= 15 is 0 Å². The maximum absolute atomic E-state index is 5.30. The van der Waals surface area contributed by atoms with Gasteiger partial charge in [-0.3, -0.25) is 15.0 Å². The van der Waals surface area contributed by atoms with Crippen molar-refractivity contribution in [2.24, 2.45) is 0 Å². The van der Waals surface area contributed by atoms with E-state index < -0.39 is 0 Å². The maximum Gasteiger partial charge on any atom is 0.118 e. The van der Waals surface area contributed by atoms with Crippen LogP contribution in [-0.2, 0) is 6.54 Å². The number of nitrogens with one attached hydrogen (secondary N) is 1. The second-order valence-electron chi connectivity index (χ2n) is 6.55. The highest BCUT2D eigenvalue weighted by Gasteiger charge is 2.35. The highest BCUT2D eigenvalue weighted by Crippen LogP contribution is 2.39. The number of ether oxygens (including phenoxy) is 1. The van der Waals surface area contributed by atoms with Crippen molar-refractivity contribution in [2.75, 3.05) is 20.2 Å². The molecule has 2 aromatic heterocycles. The number of benzene rings is 1. The monoisotopic (exact) mass is 334 g/mol. The third kappa shape index (κ3) is 3.42. The second-order valence-corrected chi connectivity index (χ2v) is 6.55. The molecule has 0 radical (unpaired) electrons. The van der Waals surface area contributed by atoms with Gasteiger partial charge in [-0.25, -0.2) is 0 Å². The first-order chi connectivity index (χ1) is 12.3. The molecule has 4 rings (SSSR count). The zero-order chi connectivity index (χ0) is 17.1. The Balaban J connectivity index is 1.58. The normalized spacial score (nSPS) is 20.7. The zero-order valence-corrected chi connectivity index (χ0v) is 14.3. The Morgan fingerprint density at radius 1 is 1.00 bits per heavy atom. The largest absolute Gasteiger partial charge is 0.497 e. The van der Waals surface area contributed by atoms with Gasteiger partial charge in [0, 0.05) is 55.8 Å². The average molecular weight is 334 g/mol. The van der Waals surface area contributed by atoms with Gasteiger partial charge in [0.25, 0.3) is 0 Å². The number of hydrogen-bond acceptors (Lipinski definition) is 4. The summed E-state index contributed by atoms with van der Waals surface area (Å²) in [5, 5.41) is 7.33. The quantitative estimate of drug-likeness (QED) is 0.778. The fraction of sp³-hybridized carbons (Fsp3) is 0.300. The van der Waals surface area contributed by atoms with Crippen molar-refractivity contribution in [3.63, 3.8) is 0 Å². The molecule has 0 aliphatic carbocycles. The summed E-state index contributed by atoms with van der Waals surface area (Å²) in [6.07, 6.45) is 5.56. The van der Waals surface area contributed by atoms with Crippen molar-refractivity contribution in [2.45, 2.75) is 18.4 Å². The van der Waals surface area contributed by atoms with Gasteiger partial charge in [0.15, 0.2) is 0 Å². The molecule has 0 spiro atoms. The van der Waals surface area contributed by atoms with Crippen LogP contribution in [-0.4, -0.2) is 40.3 Å². The van der Waals surface area contributed by atoms with E-state index in [2.05, 4.69) is 50.4 Å². The van der Waals surface area contributed by atoms with E-state index in [4.69, 9.17) is 4.74 Å². The molecule has 1 saturated heterocycles. The van der Waals surface area contributed by atoms with Gasteiger partial charge >= 0.3 is 0 Å². The van der Waals surface area contributed by atoms with Crippen LogP contribution >= 0.6 is 0 Å². The Bertz CT molecular complexity index is 786. The number of aromatic nitrogens is 3. The van der Waals surface area contributed by atoms with Crippen LogP contribution in [0, 0.1) is 0 Å². The summed E-state index contributed by atoms with van der Waals surface area (Å²) in [7, 11) is 1.70. The fourth-order valence-electron chi connectivity index (χ4n) is 3.74. The lowest BCUT2D eigenvalue weighted by Gasteiger charge is -2.18.